The SMILES string of the molecule is Cc1cc(C)cc(-n2ccnc2SCC(=O)N2CCC[C@H](C(N)=O)C2)c1. The summed E-state index contributed by atoms with van der Waals surface area (Å²) in [5, 5.41) is 0.784. The number of amides is 2. The summed E-state index contributed by atoms with van der Waals surface area (Å²) in [5.74, 6) is -0.223. The van der Waals surface area contributed by atoms with Crippen LogP contribution in [0.4, 0.5) is 0 Å². The molecule has 138 valence electrons. The van der Waals surface area contributed by atoms with Crippen molar-refractivity contribution in [2.75, 3.05) is 18.8 Å². The number of imidazole rings is 1. The van der Waals surface area contributed by atoms with Crippen molar-refractivity contribution >= 4 is 23.6 Å². The van der Waals surface area contributed by atoms with Crippen molar-refractivity contribution in [3.63, 3.8) is 0 Å². The molecule has 6 nitrogen and oxygen atoms in total. The summed E-state index contributed by atoms with van der Waals surface area (Å²) >= 11 is 1.42. The first-order chi connectivity index (χ1) is 12.4. The molecule has 7 heteroatoms. The van der Waals surface area contributed by atoms with E-state index in [1.807, 2.05) is 10.8 Å². The number of nitrogens with zero attached hydrogens (tertiary/aromatic N) is 3. The summed E-state index contributed by atoms with van der Waals surface area (Å²) in [4.78, 5) is 30.1. The van der Waals surface area contributed by atoms with Gasteiger partial charge in [-0.15, -0.1) is 0 Å². The lowest BCUT2D eigenvalue weighted by Gasteiger charge is -2.31. The number of rotatable bonds is 5. The predicted molar refractivity (Wildman–Crippen MR) is 102 cm³/mol. The Labute approximate surface area is 157 Å². The van der Waals surface area contributed by atoms with E-state index in [1.54, 1.807) is 11.1 Å². The van der Waals surface area contributed by atoms with Crippen LogP contribution in [0.25, 0.3) is 5.69 Å². The first-order valence-electron chi connectivity index (χ1n) is 8.76. The van der Waals surface area contributed by atoms with Gasteiger partial charge in [0.05, 0.1) is 11.7 Å². The largest absolute Gasteiger partial charge is 0.369 e. The predicted octanol–water partition coefficient (Wildman–Crippen LogP) is 2.31. The molecule has 0 spiro atoms. The molecular formula is C19H24N4O2S. The molecule has 1 atom stereocenters. The number of carbonyl (C=O) groups is 2. The second kappa shape index (κ2) is 7.95. The molecular weight excluding hydrogens is 348 g/mol. The van der Waals surface area contributed by atoms with E-state index < -0.39 is 0 Å². The first-order valence-corrected chi connectivity index (χ1v) is 9.74. The van der Waals surface area contributed by atoms with Crippen molar-refractivity contribution < 1.29 is 9.59 Å². The third-order valence-corrected chi connectivity index (χ3v) is 5.54. The fourth-order valence-corrected chi connectivity index (χ4v) is 4.21. The molecule has 0 bridgehead atoms. The number of aromatic nitrogens is 2. The van der Waals surface area contributed by atoms with Crippen molar-refractivity contribution in [2.45, 2.75) is 31.8 Å². The van der Waals surface area contributed by atoms with Crippen LogP contribution in [0.2, 0.25) is 0 Å². The molecule has 0 saturated carbocycles. The van der Waals surface area contributed by atoms with Gasteiger partial charge < -0.3 is 10.6 Å². The van der Waals surface area contributed by atoms with Crippen LogP contribution in [0.15, 0.2) is 35.7 Å². The molecule has 1 aliphatic rings. The molecule has 0 unspecified atom stereocenters. The molecule has 3 rings (SSSR count). The highest BCUT2D eigenvalue weighted by atomic mass is 32.2. The minimum Gasteiger partial charge on any atom is -0.369 e. The number of likely N-dealkylation sites (tertiary alicyclic amines) is 1. The van der Waals surface area contributed by atoms with Crippen LogP contribution in [-0.2, 0) is 9.59 Å². The molecule has 2 aromatic rings. The quantitative estimate of drug-likeness (QED) is 0.817. The number of piperidine rings is 1. The molecule has 0 aliphatic carbocycles. The minimum atomic E-state index is -0.319. The smallest absolute Gasteiger partial charge is 0.233 e. The average molecular weight is 372 g/mol. The molecule has 2 heterocycles. The van der Waals surface area contributed by atoms with Crippen molar-refractivity contribution in [1.29, 1.82) is 0 Å². The number of aryl methyl sites for hydroxylation is 2. The average Bonchev–Trinajstić information content (AvgIpc) is 3.07. The summed E-state index contributed by atoms with van der Waals surface area (Å²) in [7, 11) is 0. The number of hydrogen-bond donors (Lipinski definition) is 1. The van der Waals surface area contributed by atoms with Crippen LogP contribution < -0.4 is 5.73 Å². The maximum Gasteiger partial charge on any atom is 0.233 e. The third-order valence-electron chi connectivity index (χ3n) is 4.59. The van der Waals surface area contributed by atoms with Crippen molar-refractivity contribution in [3.8, 4) is 5.69 Å². The molecule has 1 aliphatic heterocycles. The van der Waals surface area contributed by atoms with Gasteiger partial charge in [0.25, 0.3) is 0 Å². The maximum absolute atomic E-state index is 12.5. The normalized spacial score (nSPS) is 17.3. The zero-order valence-corrected chi connectivity index (χ0v) is 16.0. The Balaban J connectivity index is 1.66. The molecule has 1 saturated heterocycles. The fraction of sp³-hybridized carbons (Fsp3) is 0.421. The Hall–Kier alpha value is -2.28. The van der Waals surface area contributed by atoms with Crippen LogP contribution in [0.5, 0.6) is 0 Å². The van der Waals surface area contributed by atoms with Gasteiger partial charge in [-0.25, -0.2) is 4.98 Å². The van der Waals surface area contributed by atoms with Crippen LogP contribution in [-0.4, -0.2) is 45.1 Å². The van der Waals surface area contributed by atoms with Gasteiger partial charge in [0.1, 0.15) is 0 Å². The summed E-state index contributed by atoms with van der Waals surface area (Å²) in [6.07, 6.45) is 5.24. The lowest BCUT2D eigenvalue weighted by atomic mass is 9.97. The number of nitrogens with two attached hydrogens (primary N) is 1. The number of primary amides is 1. The maximum atomic E-state index is 12.5. The van der Waals surface area contributed by atoms with Gasteiger partial charge in [0, 0.05) is 31.2 Å². The summed E-state index contributed by atoms with van der Waals surface area (Å²) in [5.41, 5.74) is 8.81. The van der Waals surface area contributed by atoms with E-state index in [4.69, 9.17) is 5.73 Å². The van der Waals surface area contributed by atoms with Crippen LogP contribution >= 0.6 is 11.8 Å². The second-order valence-electron chi connectivity index (χ2n) is 6.80. The number of carbonyl (C=O) groups excluding carboxylic acids is 2. The van der Waals surface area contributed by atoms with Gasteiger partial charge in [0.15, 0.2) is 5.16 Å². The zero-order valence-electron chi connectivity index (χ0n) is 15.1. The third kappa shape index (κ3) is 4.27. The second-order valence-corrected chi connectivity index (χ2v) is 7.74. The number of thioether (sulfide) groups is 1. The van der Waals surface area contributed by atoms with Gasteiger partial charge in [-0.2, -0.15) is 0 Å². The van der Waals surface area contributed by atoms with E-state index in [-0.39, 0.29) is 17.7 Å². The van der Waals surface area contributed by atoms with Crippen LogP contribution in [0.1, 0.15) is 24.0 Å². The van der Waals surface area contributed by atoms with Gasteiger partial charge in [-0.1, -0.05) is 17.8 Å². The summed E-state index contributed by atoms with van der Waals surface area (Å²) in [6.45, 7) is 5.25. The monoisotopic (exact) mass is 372 g/mol. The van der Waals surface area contributed by atoms with E-state index in [9.17, 15) is 9.59 Å². The molecule has 2 N–H and O–H groups in total. The van der Waals surface area contributed by atoms with Crippen molar-refractivity contribution in [3.05, 3.63) is 41.7 Å². The highest BCUT2D eigenvalue weighted by Gasteiger charge is 2.27. The number of hydrogen-bond acceptors (Lipinski definition) is 4. The van der Waals surface area contributed by atoms with E-state index in [1.165, 1.54) is 22.9 Å². The highest BCUT2D eigenvalue weighted by molar-refractivity contribution is 7.99. The Morgan fingerprint density at radius 3 is 2.69 bits per heavy atom. The Morgan fingerprint density at radius 2 is 2.00 bits per heavy atom. The summed E-state index contributed by atoms with van der Waals surface area (Å²) < 4.78 is 2.00. The molecule has 1 fully saturated rings. The topological polar surface area (TPSA) is 81.2 Å². The lowest BCUT2D eigenvalue weighted by molar-refractivity contribution is -0.132. The lowest BCUT2D eigenvalue weighted by Crippen LogP contribution is -2.44. The van der Waals surface area contributed by atoms with Gasteiger partial charge >= 0.3 is 0 Å². The van der Waals surface area contributed by atoms with Gasteiger partial charge in [0.2, 0.25) is 11.8 Å². The van der Waals surface area contributed by atoms with Gasteiger partial charge in [-0.05, 0) is 49.9 Å². The summed E-state index contributed by atoms with van der Waals surface area (Å²) in [6, 6.07) is 6.33. The van der Waals surface area contributed by atoms with Crippen molar-refractivity contribution in [1.82, 2.24) is 14.5 Å². The van der Waals surface area contributed by atoms with E-state index >= 15 is 0 Å². The Morgan fingerprint density at radius 1 is 1.27 bits per heavy atom. The zero-order chi connectivity index (χ0) is 18.7. The van der Waals surface area contributed by atoms with Gasteiger partial charge in [-0.3, -0.25) is 14.2 Å². The molecule has 26 heavy (non-hydrogen) atoms. The molecule has 1 aromatic heterocycles. The Kier molecular flexibility index (Phi) is 5.66. The van der Waals surface area contributed by atoms with Crippen LogP contribution in [0.3, 0.4) is 0 Å². The standard InChI is InChI=1S/C19H24N4O2S/c1-13-8-14(2)10-16(9-13)23-7-5-21-19(23)26-12-17(24)22-6-3-4-15(11-22)18(20)25/h5,7-10,15H,3-4,6,11-12H2,1-2H3,(H2,20,25)/t15-/m0/s1. The van der Waals surface area contributed by atoms with Crippen LogP contribution in [0, 0.1) is 19.8 Å². The van der Waals surface area contributed by atoms with E-state index in [0.29, 0.717) is 18.8 Å². The van der Waals surface area contributed by atoms with E-state index in [2.05, 4.69) is 37.0 Å². The highest BCUT2D eigenvalue weighted by Crippen LogP contribution is 2.23. The van der Waals surface area contributed by atoms with Crippen molar-refractivity contribution in [2.24, 2.45) is 11.7 Å². The molecule has 0 radical (unpaired) electrons. The molecule has 2 amide bonds. The fourth-order valence-electron chi connectivity index (χ4n) is 3.34. The first kappa shape index (κ1) is 18.5. The minimum absolute atomic E-state index is 0.0240. The molecule has 1 aromatic carbocycles. The number of benzene rings is 1. The Bertz CT molecular complexity index is 797. The van der Waals surface area contributed by atoms with E-state index in [0.717, 1.165) is 23.7 Å².